The van der Waals surface area contributed by atoms with Gasteiger partial charge in [0.1, 0.15) is 34.5 Å². The van der Waals surface area contributed by atoms with Crippen molar-refractivity contribution in [1.29, 1.82) is 0 Å². The molecule has 0 spiro atoms. The highest BCUT2D eigenvalue weighted by molar-refractivity contribution is 5.29. The molecule has 0 radical (unpaired) electrons. The zero-order chi connectivity index (χ0) is 22.2. The van der Waals surface area contributed by atoms with Crippen molar-refractivity contribution in [3.63, 3.8) is 0 Å². The number of hydrogen-bond donors (Lipinski definition) is 6. The first-order valence-electron chi connectivity index (χ1n) is 8.81. The summed E-state index contributed by atoms with van der Waals surface area (Å²) < 4.78 is 0. The molecule has 4 rings (SSSR count). The summed E-state index contributed by atoms with van der Waals surface area (Å²) in [5.74, 6) is 1.32. The molecule has 0 bridgehead atoms. The van der Waals surface area contributed by atoms with Crippen molar-refractivity contribution in [3.05, 3.63) is 109 Å². The molecule has 0 saturated carbocycles. The number of hydrogen-bond acceptors (Lipinski definition) is 6. The summed E-state index contributed by atoms with van der Waals surface area (Å²) >= 11 is 0. The number of phenols is 6. The Morgan fingerprint density at radius 1 is 0.233 bits per heavy atom. The smallest absolute Gasteiger partial charge is 0.115 e. The predicted molar refractivity (Wildman–Crippen MR) is 116 cm³/mol. The summed E-state index contributed by atoms with van der Waals surface area (Å²) in [5.41, 5.74) is 0. The van der Waals surface area contributed by atoms with E-state index < -0.39 is 0 Å². The van der Waals surface area contributed by atoms with E-state index >= 15 is 0 Å². The number of aromatic hydroxyl groups is 6. The molecule has 0 aliphatic rings. The SMILES string of the molecule is Oc1ccc(O)cc1.Oc1ccc(O)cc1.Oc1ccccc1.Oc1ccccc1. The van der Waals surface area contributed by atoms with Crippen LogP contribution in [0.1, 0.15) is 0 Å². The Hall–Kier alpha value is -4.32. The second-order valence-corrected chi connectivity index (χ2v) is 5.70. The van der Waals surface area contributed by atoms with Crippen LogP contribution in [0.5, 0.6) is 34.5 Å². The molecule has 6 N–H and O–H groups in total. The Morgan fingerprint density at radius 3 is 0.533 bits per heavy atom. The van der Waals surface area contributed by atoms with Crippen molar-refractivity contribution in [2.45, 2.75) is 0 Å². The monoisotopic (exact) mass is 408 g/mol. The first-order valence-corrected chi connectivity index (χ1v) is 8.81. The summed E-state index contributed by atoms with van der Waals surface area (Å²) in [5, 5.41) is 51.8. The Morgan fingerprint density at radius 2 is 0.400 bits per heavy atom. The van der Waals surface area contributed by atoms with Crippen molar-refractivity contribution in [1.82, 2.24) is 0 Å². The highest BCUT2D eigenvalue weighted by atomic mass is 16.3. The molecular formula is C24H24O6. The van der Waals surface area contributed by atoms with Crippen molar-refractivity contribution in [3.8, 4) is 34.5 Å². The van der Waals surface area contributed by atoms with Crippen molar-refractivity contribution >= 4 is 0 Å². The molecule has 6 heteroatoms. The molecule has 4 aromatic rings. The van der Waals surface area contributed by atoms with Gasteiger partial charge >= 0.3 is 0 Å². The second-order valence-electron chi connectivity index (χ2n) is 5.70. The summed E-state index contributed by atoms with van der Waals surface area (Å²) in [4.78, 5) is 0. The molecule has 4 aromatic carbocycles. The first kappa shape index (κ1) is 23.7. The Kier molecular flexibility index (Phi) is 10.9. The Bertz CT molecular complexity index is 802. The lowest BCUT2D eigenvalue weighted by Crippen LogP contribution is -1.61. The quantitative estimate of drug-likeness (QED) is 0.228. The Balaban J connectivity index is 0.000000200. The van der Waals surface area contributed by atoms with E-state index in [1.165, 1.54) is 48.5 Å². The third-order valence-electron chi connectivity index (χ3n) is 3.21. The minimum Gasteiger partial charge on any atom is -0.508 e. The summed E-state index contributed by atoms with van der Waals surface area (Å²) in [6.07, 6.45) is 0. The van der Waals surface area contributed by atoms with Crippen LogP contribution in [0.4, 0.5) is 0 Å². The fourth-order valence-electron chi connectivity index (χ4n) is 1.76. The topological polar surface area (TPSA) is 121 Å². The zero-order valence-electron chi connectivity index (χ0n) is 16.1. The molecule has 0 aromatic heterocycles. The van der Waals surface area contributed by atoms with Crippen LogP contribution in [0, 0.1) is 0 Å². The number of phenolic OH excluding ortho intramolecular Hbond substituents is 6. The van der Waals surface area contributed by atoms with Crippen LogP contribution in [-0.2, 0) is 0 Å². The van der Waals surface area contributed by atoms with E-state index in [1.54, 1.807) is 48.5 Å². The van der Waals surface area contributed by atoms with E-state index in [2.05, 4.69) is 0 Å². The van der Waals surface area contributed by atoms with Crippen LogP contribution in [0.25, 0.3) is 0 Å². The summed E-state index contributed by atoms with van der Waals surface area (Å²) in [6.45, 7) is 0. The molecule has 0 atom stereocenters. The van der Waals surface area contributed by atoms with Gasteiger partial charge in [0.05, 0.1) is 0 Å². The third kappa shape index (κ3) is 12.1. The van der Waals surface area contributed by atoms with Gasteiger partial charge in [-0.1, -0.05) is 36.4 Å². The van der Waals surface area contributed by atoms with Gasteiger partial charge in [0.25, 0.3) is 0 Å². The van der Waals surface area contributed by atoms with Crippen molar-refractivity contribution in [2.75, 3.05) is 0 Å². The van der Waals surface area contributed by atoms with Crippen molar-refractivity contribution < 1.29 is 30.6 Å². The first-order chi connectivity index (χ1) is 14.4. The summed E-state index contributed by atoms with van der Waals surface area (Å²) in [6, 6.07) is 28.8. The largest absolute Gasteiger partial charge is 0.508 e. The Labute approximate surface area is 174 Å². The van der Waals surface area contributed by atoms with Gasteiger partial charge in [-0.25, -0.2) is 0 Å². The molecule has 0 aliphatic heterocycles. The molecule has 30 heavy (non-hydrogen) atoms. The minimum atomic E-state index is 0.169. The van der Waals surface area contributed by atoms with Gasteiger partial charge in [-0.05, 0) is 72.8 Å². The van der Waals surface area contributed by atoms with Crippen LogP contribution in [0.15, 0.2) is 109 Å². The second kappa shape index (κ2) is 13.8. The molecule has 0 saturated heterocycles. The van der Waals surface area contributed by atoms with E-state index in [-0.39, 0.29) is 23.0 Å². The minimum absolute atomic E-state index is 0.169. The number of rotatable bonds is 0. The standard InChI is InChI=1S/2C6H6O2.2C6H6O/c2*7-5-1-2-6(8)4-3-5;2*7-6-4-2-1-3-5-6/h2*1-4,7-8H;2*1-5,7H. The third-order valence-corrected chi connectivity index (χ3v) is 3.21. The molecule has 0 aliphatic carbocycles. The molecule has 6 nitrogen and oxygen atoms in total. The van der Waals surface area contributed by atoms with E-state index in [0.29, 0.717) is 11.5 Å². The van der Waals surface area contributed by atoms with Gasteiger partial charge in [-0.15, -0.1) is 0 Å². The molecule has 0 fully saturated rings. The van der Waals surface area contributed by atoms with Gasteiger partial charge in [0.15, 0.2) is 0 Å². The van der Waals surface area contributed by atoms with Crippen LogP contribution < -0.4 is 0 Å². The number of para-hydroxylation sites is 2. The molecule has 0 heterocycles. The molecule has 0 unspecified atom stereocenters. The van der Waals surface area contributed by atoms with E-state index in [1.807, 2.05) is 12.1 Å². The van der Waals surface area contributed by atoms with Crippen LogP contribution in [-0.4, -0.2) is 30.6 Å². The zero-order valence-corrected chi connectivity index (χ0v) is 16.1. The van der Waals surface area contributed by atoms with E-state index in [0.717, 1.165) is 0 Å². The average molecular weight is 408 g/mol. The summed E-state index contributed by atoms with van der Waals surface area (Å²) in [7, 11) is 0. The molecule has 156 valence electrons. The maximum Gasteiger partial charge on any atom is 0.115 e. The fourth-order valence-corrected chi connectivity index (χ4v) is 1.76. The highest BCUT2D eigenvalue weighted by Crippen LogP contribution is 2.13. The molecular weight excluding hydrogens is 384 g/mol. The van der Waals surface area contributed by atoms with Gasteiger partial charge in [-0.3, -0.25) is 0 Å². The molecule has 0 amide bonds. The van der Waals surface area contributed by atoms with Crippen LogP contribution in [0.3, 0.4) is 0 Å². The average Bonchev–Trinajstić information content (AvgIpc) is 2.75. The van der Waals surface area contributed by atoms with Gasteiger partial charge in [0, 0.05) is 0 Å². The normalized spacial score (nSPS) is 8.80. The van der Waals surface area contributed by atoms with E-state index in [4.69, 9.17) is 30.6 Å². The predicted octanol–water partition coefficient (Wildman–Crippen LogP) is 4.98. The van der Waals surface area contributed by atoms with Gasteiger partial charge < -0.3 is 30.6 Å². The van der Waals surface area contributed by atoms with Gasteiger partial charge in [0.2, 0.25) is 0 Å². The van der Waals surface area contributed by atoms with Gasteiger partial charge in [-0.2, -0.15) is 0 Å². The maximum absolute atomic E-state index is 8.65. The van der Waals surface area contributed by atoms with E-state index in [9.17, 15) is 0 Å². The fraction of sp³-hybridized carbons (Fsp3) is 0. The number of benzene rings is 4. The lowest BCUT2D eigenvalue weighted by atomic mass is 10.3. The maximum atomic E-state index is 8.65. The van der Waals surface area contributed by atoms with Crippen LogP contribution in [0.2, 0.25) is 0 Å². The lowest BCUT2D eigenvalue weighted by Gasteiger charge is -1.88. The lowest BCUT2D eigenvalue weighted by molar-refractivity contribution is 0.460. The highest BCUT2D eigenvalue weighted by Gasteiger charge is 1.85. The van der Waals surface area contributed by atoms with Crippen molar-refractivity contribution in [2.24, 2.45) is 0 Å². The van der Waals surface area contributed by atoms with Crippen LogP contribution >= 0.6 is 0 Å².